The van der Waals surface area contributed by atoms with Gasteiger partial charge in [-0.25, -0.2) is 4.39 Å². The SMILES string of the molecule is CCC(C)C(C)NC(=O)c1ccncc1F. The van der Waals surface area contributed by atoms with Crippen LogP contribution in [-0.2, 0) is 0 Å². The van der Waals surface area contributed by atoms with E-state index in [1.807, 2.05) is 13.8 Å². The molecule has 3 nitrogen and oxygen atoms in total. The van der Waals surface area contributed by atoms with Crippen molar-refractivity contribution in [2.24, 2.45) is 5.92 Å². The number of rotatable bonds is 4. The van der Waals surface area contributed by atoms with Crippen LogP contribution >= 0.6 is 0 Å². The molecule has 0 bridgehead atoms. The third kappa shape index (κ3) is 3.02. The Morgan fingerprint density at radius 1 is 1.56 bits per heavy atom. The predicted molar refractivity (Wildman–Crippen MR) is 60.6 cm³/mol. The number of aromatic nitrogens is 1. The Morgan fingerprint density at radius 3 is 2.81 bits per heavy atom. The van der Waals surface area contributed by atoms with Gasteiger partial charge in [0.1, 0.15) is 0 Å². The molecular formula is C12H17FN2O. The van der Waals surface area contributed by atoms with Gasteiger partial charge >= 0.3 is 0 Å². The number of pyridine rings is 1. The quantitative estimate of drug-likeness (QED) is 0.853. The summed E-state index contributed by atoms with van der Waals surface area (Å²) < 4.78 is 13.3. The zero-order chi connectivity index (χ0) is 12.1. The third-order valence-corrected chi connectivity index (χ3v) is 2.87. The van der Waals surface area contributed by atoms with E-state index in [4.69, 9.17) is 0 Å². The highest BCUT2D eigenvalue weighted by molar-refractivity contribution is 5.94. The molecule has 0 aliphatic heterocycles. The van der Waals surface area contributed by atoms with Crippen LogP contribution in [0.1, 0.15) is 37.6 Å². The molecule has 0 aliphatic carbocycles. The molecule has 0 fully saturated rings. The van der Waals surface area contributed by atoms with Gasteiger partial charge in [0.25, 0.3) is 5.91 Å². The number of carbonyl (C=O) groups excluding carboxylic acids is 1. The molecule has 1 N–H and O–H groups in total. The number of carbonyl (C=O) groups is 1. The van der Waals surface area contributed by atoms with E-state index >= 15 is 0 Å². The van der Waals surface area contributed by atoms with Crippen LogP contribution in [-0.4, -0.2) is 16.9 Å². The number of halogens is 1. The van der Waals surface area contributed by atoms with Crippen molar-refractivity contribution in [3.63, 3.8) is 0 Å². The van der Waals surface area contributed by atoms with Crippen molar-refractivity contribution in [2.75, 3.05) is 0 Å². The van der Waals surface area contributed by atoms with E-state index in [-0.39, 0.29) is 17.5 Å². The van der Waals surface area contributed by atoms with Crippen LogP contribution in [0.25, 0.3) is 0 Å². The van der Waals surface area contributed by atoms with Crippen LogP contribution in [0.2, 0.25) is 0 Å². The number of nitrogens with one attached hydrogen (secondary N) is 1. The lowest BCUT2D eigenvalue weighted by Gasteiger charge is -2.19. The largest absolute Gasteiger partial charge is 0.349 e. The summed E-state index contributed by atoms with van der Waals surface area (Å²) in [4.78, 5) is 15.3. The highest BCUT2D eigenvalue weighted by Crippen LogP contribution is 2.09. The molecule has 0 aromatic carbocycles. The molecule has 1 rings (SSSR count). The highest BCUT2D eigenvalue weighted by Gasteiger charge is 2.16. The van der Waals surface area contributed by atoms with Gasteiger partial charge < -0.3 is 5.32 Å². The highest BCUT2D eigenvalue weighted by atomic mass is 19.1. The van der Waals surface area contributed by atoms with Crippen molar-refractivity contribution in [1.29, 1.82) is 0 Å². The smallest absolute Gasteiger partial charge is 0.254 e. The minimum absolute atomic E-state index is 0.0325. The monoisotopic (exact) mass is 224 g/mol. The van der Waals surface area contributed by atoms with Gasteiger partial charge in [-0.15, -0.1) is 0 Å². The second-order valence-corrected chi connectivity index (χ2v) is 4.00. The molecule has 88 valence electrons. The van der Waals surface area contributed by atoms with Gasteiger partial charge in [-0.2, -0.15) is 0 Å². The zero-order valence-electron chi connectivity index (χ0n) is 9.83. The molecule has 1 aromatic rings. The molecule has 0 saturated carbocycles. The summed E-state index contributed by atoms with van der Waals surface area (Å²) in [5, 5.41) is 2.78. The van der Waals surface area contributed by atoms with E-state index in [2.05, 4.69) is 17.2 Å². The molecule has 0 aliphatic rings. The molecule has 16 heavy (non-hydrogen) atoms. The molecule has 1 aromatic heterocycles. The van der Waals surface area contributed by atoms with Crippen molar-refractivity contribution in [2.45, 2.75) is 33.2 Å². The van der Waals surface area contributed by atoms with Crippen molar-refractivity contribution < 1.29 is 9.18 Å². The average molecular weight is 224 g/mol. The van der Waals surface area contributed by atoms with E-state index < -0.39 is 5.82 Å². The first-order valence-corrected chi connectivity index (χ1v) is 5.46. The van der Waals surface area contributed by atoms with Crippen molar-refractivity contribution >= 4 is 5.91 Å². The standard InChI is InChI=1S/C12H17FN2O/c1-4-8(2)9(3)15-12(16)10-5-6-14-7-11(10)13/h5-9H,4H2,1-3H3,(H,15,16). The summed E-state index contributed by atoms with van der Waals surface area (Å²) in [5.74, 6) is -0.599. The van der Waals surface area contributed by atoms with Gasteiger partial charge in [0.05, 0.1) is 11.8 Å². The second kappa shape index (κ2) is 5.58. The summed E-state index contributed by atoms with van der Waals surface area (Å²) >= 11 is 0. The van der Waals surface area contributed by atoms with Crippen LogP contribution in [0.3, 0.4) is 0 Å². The lowest BCUT2D eigenvalue weighted by atomic mass is 10.0. The average Bonchev–Trinajstić information content (AvgIpc) is 2.28. The number of nitrogens with zero attached hydrogens (tertiary/aromatic N) is 1. The fraction of sp³-hybridized carbons (Fsp3) is 0.500. The summed E-state index contributed by atoms with van der Waals surface area (Å²) in [6.07, 6.45) is 3.43. The van der Waals surface area contributed by atoms with Gasteiger partial charge in [-0.05, 0) is 18.9 Å². The first-order chi connectivity index (χ1) is 7.56. The maximum absolute atomic E-state index is 13.3. The summed E-state index contributed by atoms with van der Waals surface area (Å²) in [7, 11) is 0. The fourth-order valence-electron chi connectivity index (χ4n) is 1.34. The molecule has 4 heteroatoms. The van der Waals surface area contributed by atoms with E-state index in [0.29, 0.717) is 5.92 Å². The summed E-state index contributed by atoms with van der Waals surface area (Å²) in [6.45, 7) is 6.03. The molecule has 1 amide bonds. The van der Waals surface area contributed by atoms with Crippen molar-refractivity contribution in [3.8, 4) is 0 Å². The summed E-state index contributed by atoms with van der Waals surface area (Å²) in [5.41, 5.74) is 0.0464. The minimum Gasteiger partial charge on any atom is -0.349 e. The van der Waals surface area contributed by atoms with Gasteiger partial charge in [-0.1, -0.05) is 20.3 Å². The Labute approximate surface area is 95.1 Å². The van der Waals surface area contributed by atoms with Crippen LogP contribution in [0, 0.1) is 11.7 Å². The maximum Gasteiger partial charge on any atom is 0.254 e. The Balaban J connectivity index is 2.70. The van der Waals surface area contributed by atoms with Gasteiger partial charge in [0.15, 0.2) is 5.82 Å². The normalized spacial score (nSPS) is 14.2. The first-order valence-electron chi connectivity index (χ1n) is 5.46. The zero-order valence-corrected chi connectivity index (χ0v) is 9.83. The van der Waals surface area contributed by atoms with Crippen molar-refractivity contribution in [1.82, 2.24) is 10.3 Å². The molecule has 0 saturated heterocycles. The molecule has 0 radical (unpaired) electrons. The van der Waals surface area contributed by atoms with Gasteiger partial charge in [0.2, 0.25) is 0 Å². The van der Waals surface area contributed by atoms with E-state index in [9.17, 15) is 9.18 Å². The maximum atomic E-state index is 13.3. The van der Waals surface area contributed by atoms with Crippen LogP contribution in [0.4, 0.5) is 4.39 Å². The molecule has 1 heterocycles. The van der Waals surface area contributed by atoms with E-state index in [0.717, 1.165) is 12.6 Å². The van der Waals surface area contributed by atoms with Crippen LogP contribution in [0.5, 0.6) is 0 Å². The van der Waals surface area contributed by atoms with Crippen molar-refractivity contribution in [3.05, 3.63) is 29.8 Å². The predicted octanol–water partition coefficient (Wildman–Crippen LogP) is 2.39. The Kier molecular flexibility index (Phi) is 4.40. The van der Waals surface area contributed by atoms with E-state index in [1.165, 1.54) is 12.3 Å². The molecule has 0 spiro atoms. The Morgan fingerprint density at radius 2 is 2.25 bits per heavy atom. The molecule has 2 atom stereocenters. The lowest BCUT2D eigenvalue weighted by Crippen LogP contribution is -2.37. The second-order valence-electron chi connectivity index (χ2n) is 4.00. The topological polar surface area (TPSA) is 42.0 Å². The number of hydrogen-bond acceptors (Lipinski definition) is 2. The summed E-state index contributed by atoms with van der Waals surface area (Å²) in [6, 6.07) is 1.42. The van der Waals surface area contributed by atoms with Gasteiger partial charge in [0, 0.05) is 12.2 Å². The molecule has 2 unspecified atom stereocenters. The Bertz CT molecular complexity index is 368. The fourth-order valence-corrected chi connectivity index (χ4v) is 1.34. The third-order valence-electron chi connectivity index (χ3n) is 2.87. The lowest BCUT2D eigenvalue weighted by molar-refractivity contribution is 0.0924. The Hall–Kier alpha value is -1.45. The molecular weight excluding hydrogens is 207 g/mol. The number of hydrogen-bond donors (Lipinski definition) is 1. The van der Waals surface area contributed by atoms with Crippen LogP contribution in [0.15, 0.2) is 18.5 Å². The van der Waals surface area contributed by atoms with Crippen LogP contribution < -0.4 is 5.32 Å². The first kappa shape index (κ1) is 12.6. The van der Waals surface area contributed by atoms with Gasteiger partial charge in [-0.3, -0.25) is 9.78 Å². The van der Waals surface area contributed by atoms with E-state index in [1.54, 1.807) is 0 Å². The minimum atomic E-state index is -0.587. The number of amides is 1.